The van der Waals surface area contributed by atoms with E-state index < -0.39 is 0 Å². The lowest BCUT2D eigenvalue weighted by Gasteiger charge is -1.92. The molecule has 0 bridgehead atoms. The molecular formula is C11H9NO2. The second-order valence-corrected chi connectivity index (χ2v) is 3.44. The lowest BCUT2D eigenvalue weighted by Crippen LogP contribution is -1.92. The highest BCUT2D eigenvalue weighted by Crippen LogP contribution is 2.32. The summed E-state index contributed by atoms with van der Waals surface area (Å²) in [5, 5.41) is 13.2. The van der Waals surface area contributed by atoms with E-state index in [9.17, 15) is 0 Å². The molecule has 0 unspecified atom stereocenters. The zero-order valence-electron chi connectivity index (χ0n) is 7.53. The van der Waals surface area contributed by atoms with Gasteiger partial charge in [0, 0.05) is 23.8 Å². The van der Waals surface area contributed by atoms with E-state index >= 15 is 0 Å². The molecule has 2 aromatic rings. The average molecular weight is 187 g/mol. The number of oxime groups is 1. The first-order valence-electron chi connectivity index (χ1n) is 4.62. The van der Waals surface area contributed by atoms with Crippen LogP contribution in [0.4, 0.5) is 0 Å². The number of rotatable bonds is 0. The molecule has 0 spiro atoms. The van der Waals surface area contributed by atoms with Crippen molar-refractivity contribution in [1.29, 1.82) is 0 Å². The second-order valence-electron chi connectivity index (χ2n) is 3.44. The molecule has 1 aromatic heterocycles. The van der Waals surface area contributed by atoms with Gasteiger partial charge < -0.3 is 9.62 Å². The average Bonchev–Trinajstić information content (AvgIpc) is 2.75. The summed E-state index contributed by atoms with van der Waals surface area (Å²) in [7, 11) is 0. The van der Waals surface area contributed by atoms with Gasteiger partial charge in [-0.05, 0) is 6.07 Å². The molecule has 1 N–H and O–H groups in total. The molecule has 1 aliphatic carbocycles. The summed E-state index contributed by atoms with van der Waals surface area (Å²) in [5.74, 6) is 0.944. The van der Waals surface area contributed by atoms with E-state index in [2.05, 4.69) is 5.16 Å². The van der Waals surface area contributed by atoms with Crippen LogP contribution in [0.15, 0.2) is 33.8 Å². The lowest BCUT2D eigenvalue weighted by molar-refractivity contribution is 0.318. The Hall–Kier alpha value is -1.77. The van der Waals surface area contributed by atoms with Crippen LogP contribution in [-0.4, -0.2) is 10.9 Å². The minimum atomic E-state index is 0.741. The zero-order chi connectivity index (χ0) is 9.54. The van der Waals surface area contributed by atoms with Crippen LogP contribution in [0.3, 0.4) is 0 Å². The third kappa shape index (κ3) is 0.839. The molecule has 0 fully saturated rings. The van der Waals surface area contributed by atoms with Crippen LogP contribution in [0.25, 0.3) is 11.0 Å². The van der Waals surface area contributed by atoms with Crippen molar-refractivity contribution in [2.75, 3.05) is 0 Å². The number of nitrogens with zero attached hydrogens (tertiary/aromatic N) is 1. The third-order valence-electron chi connectivity index (χ3n) is 2.67. The van der Waals surface area contributed by atoms with Gasteiger partial charge in [-0.25, -0.2) is 0 Å². The predicted molar refractivity (Wildman–Crippen MR) is 52.9 cm³/mol. The standard InChI is InChI=1S/C11H9NO2/c13-12-8-5-6-10-11(8)7-3-1-2-4-9(7)14-10/h1-4,13H,5-6H2. The molecule has 1 aliphatic rings. The van der Waals surface area contributed by atoms with Crippen molar-refractivity contribution in [1.82, 2.24) is 0 Å². The van der Waals surface area contributed by atoms with Gasteiger partial charge in [0.25, 0.3) is 0 Å². The smallest absolute Gasteiger partial charge is 0.134 e. The van der Waals surface area contributed by atoms with E-state index in [4.69, 9.17) is 9.62 Å². The van der Waals surface area contributed by atoms with Gasteiger partial charge in [-0.2, -0.15) is 0 Å². The molecule has 3 heteroatoms. The summed E-state index contributed by atoms with van der Waals surface area (Å²) in [6.07, 6.45) is 1.61. The molecule has 3 rings (SSSR count). The summed E-state index contributed by atoms with van der Waals surface area (Å²) < 4.78 is 5.65. The molecule has 0 saturated heterocycles. The molecule has 0 radical (unpaired) electrons. The van der Waals surface area contributed by atoms with E-state index in [1.54, 1.807) is 0 Å². The number of benzene rings is 1. The summed E-state index contributed by atoms with van der Waals surface area (Å²) in [5.41, 5.74) is 2.60. The van der Waals surface area contributed by atoms with Gasteiger partial charge in [-0.3, -0.25) is 0 Å². The van der Waals surface area contributed by atoms with E-state index in [-0.39, 0.29) is 0 Å². The molecular weight excluding hydrogens is 178 g/mol. The number of fused-ring (bicyclic) bond motifs is 3. The highest BCUT2D eigenvalue weighted by atomic mass is 16.4. The fourth-order valence-corrected chi connectivity index (χ4v) is 2.05. The zero-order valence-corrected chi connectivity index (χ0v) is 7.53. The van der Waals surface area contributed by atoms with Crippen LogP contribution in [0.5, 0.6) is 0 Å². The van der Waals surface area contributed by atoms with Gasteiger partial charge in [0.05, 0.1) is 5.71 Å². The van der Waals surface area contributed by atoms with Gasteiger partial charge in [0.1, 0.15) is 11.3 Å². The van der Waals surface area contributed by atoms with E-state index in [1.165, 1.54) is 0 Å². The number of hydrogen-bond acceptors (Lipinski definition) is 3. The van der Waals surface area contributed by atoms with Crippen molar-refractivity contribution < 1.29 is 9.62 Å². The minimum absolute atomic E-state index is 0.741. The minimum Gasteiger partial charge on any atom is -0.460 e. The van der Waals surface area contributed by atoms with Crippen molar-refractivity contribution in [2.24, 2.45) is 5.16 Å². The van der Waals surface area contributed by atoms with Crippen LogP contribution in [0.2, 0.25) is 0 Å². The molecule has 1 heterocycles. The van der Waals surface area contributed by atoms with Crippen LogP contribution in [0, 0.1) is 0 Å². The Morgan fingerprint density at radius 1 is 1.21 bits per heavy atom. The molecule has 0 aliphatic heterocycles. The van der Waals surface area contributed by atoms with Crippen molar-refractivity contribution >= 4 is 16.7 Å². The Labute approximate surface area is 80.6 Å². The summed E-state index contributed by atoms with van der Waals surface area (Å²) >= 11 is 0. The Morgan fingerprint density at radius 3 is 2.93 bits per heavy atom. The number of hydrogen-bond donors (Lipinski definition) is 1. The molecule has 14 heavy (non-hydrogen) atoms. The van der Waals surface area contributed by atoms with Gasteiger partial charge in [0.2, 0.25) is 0 Å². The second kappa shape index (κ2) is 2.61. The maximum Gasteiger partial charge on any atom is 0.134 e. The first kappa shape index (κ1) is 7.62. The summed E-state index contributed by atoms with van der Waals surface area (Å²) in [6.45, 7) is 0. The highest BCUT2D eigenvalue weighted by Gasteiger charge is 2.25. The SMILES string of the molecule is ON=C1CCc2oc3ccccc3c21. The predicted octanol–water partition coefficient (Wildman–Crippen LogP) is 2.56. The lowest BCUT2D eigenvalue weighted by atomic mass is 10.1. The van der Waals surface area contributed by atoms with Gasteiger partial charge in [-0.1, -0.05) is 23.4 Å². The monoisotopic (exact) mass is 187 g/mol. The number of para-hydroxylation sites is 1. The molecule has 0 atom stereocenters. The van der Waals surface area contributed by atoms with Crippen molar-refractivity contribution in [2.45, 2.75) is 12.8 Å². The van der Waals surface area contributed by atoms with Crippen LogP contribution < -0.4 is 0 Å². The summed E-state index contributed by atoms with van der Waals surface area (Å²) in [4.78, 5) is 0. The molecule has 3 nitrogen and oxygen atoms in total. The van der Waals surface area contributed by atoms with Crippen LogP contribution in [0.1, 0.15) is 17.7 Å². The highest BCUT2D eigenvalue weighted by molar-refractivity contribution is 6.13. The first-order chi connectivity index (χ1) is 6.90. The van der Waals surface area contributed by atoms with Crippen molar-refractivity contribution in [3.05, 3.63) is 35.6 Å². The Morgan fingerprint density at radius 2 is 2.07 bits per heavy atom. The molecule has 1 aromatic carbocycles. The normalized spacial score (nSPS) is 17.9. The van der Waals surface area contributed by atoms with Gasteiger partial charge in [-0.15, -0.1) is 0 Å². The fraction of sp³-hybridized carbons (Fsp3) is 0.182. The number of furan rings is 1. The van der Waals surface area contributed by atoms with Gasteiger partial charge in [0.15, 0.2) is 0 Å². The number of aryl methyl sites for hydroxylation is 1. The van der Waals surface area contributed by atoms with Gasteiger partial charge >= 0.3 is 0 Å². The van der Waals surface area contributed by atoms with Crippen LogP contribution in [-0.2, 0) is 6.42 Å². The maximum absolute atomic E-state index is 8.84. The Balaban J connectivity index is 2.40. The third-order valence-corrected chi connectivity index (χ3v) is 2.67. The van der Waals surface area contributed by atoms with E-state index in [0.29, 0.717) is 0 Å². The van der Waals surface area contributed by atoms with Crippen LogP contribution >= 0.6 is 0 Å². The topological polar surface area (TPSA) is 45.7 Å². The maximum atomic E-state index is 8.84. The summed E-state index contributed by atoms with van der Waals surface area (Å²) in [6, 6.07) is 7.83. The molecule has 0 saturated carbocycles. The Kier molecular flexibility index (Phi) is 1.42. The quantitative estimate of drug-likeness (QED) is 0.509. The molecule has 70 valence electrons. The van der Waals surface area contributed by atoms with Crippen molar-refractivity contribution in [3.63, 3.8) is 0 Å². The fourth-order valence-electron chi connectivity index (χ4n) is 2.05. The largest absolute Gasteiger partial charge is 0.460 e. The Bertz CT molecular complexity index is 525. The van der Waals surface area contributed by atoms with E-state index in [1.807, 2.05) is 24.3 Å². The first-order valence-corrected chi connectivity index (χ1v) is 4.62. The van der Waals surface area contributed by atoms with E-state index in [0.717, 1.165) is 40.8 Å². The molecule has 0 amide bonds. The van der Waals surface area contributed by atoms with Crippen molar-refractivity contribution in [3.8, 4) is 0 Å².